The minimum Gasteiger partial charge on any atom is -0.508 e. The summed E-state index contributed by atoms with van der Waals surface area (Å²) < 4.78 is 12.8. The summed E-state index contributed by atoms with van der Waals surface area (Å²) in [5, 5.41) is 8.95. The van der Waals surface area contributed by atoms with Gasteiger partial charge in [0, 0.05) is 10.5 Å². The van der Waals surface area contributed by atoms with Gasteiger partial charge in [0.15, 0.2) is 0 Å². The summed E-state index contributed by atoms with van der Waals surface area (Å²) in [4.78, 5) is 0.260. The zero-order valence-corrected chi connectivity index (χ0v) is 6.32. The second-order valence-electron chi connectivity index (χ2n) is 2.04. The minimum absolute atomic E-state index is 0.0321. The van der Waals surface area contributed by atoms with Crippen LogP contribution in [0.25, 0.3) is 0 Å². The van der Waals surface area contributed by atoms with E-state index in [0.29, 0.717) is 0 Å². The fraction of sp³-hybridized carbons (Fsp3) is 0.143. The topological polar surface area (TPSA) is 20.2 Å². The molecular weight excluding hydrogens is 151 g/mol. The first-order valence-electron chi connectivity index (χ1n) is 2.80. The van der Waals surface area contributed by atoms with Crippen LogP contribution in [-0.4, -0.2) is 5.11 Å². The van der Waals surface area contributed by atoms with Crippen LogP contribution in [0.3, 0.4) is 0 Å². The Labute approximate surface area is 63.9 Å². The average Bonchev–Trinajstić information content (AvgIpc) is 1.93. The fourth-order valence-corrected chi connectivity index (χ4v) is 0.903. The van der Waals surface area contributed by atoms with Crippen molar-refractivity contribution in [2.75, 3.05) is 0 Å². The van der Waals surface area contributed by atoms with Gasteiger partial charge in [0.05, 0.1) is 0 Å². The number of hydrogen-bond donors (Lipinski definition) is 2. The van der Waals surface area contributed by atoms with Crippen molar-refractivity contribution in [1.82, 2.24) is 0 Å². The molecular formula is C7H7FOS. The van der Waals surface area contributed by atoms with Crippen molar-refractivity contribution in [3.05, 3.63) is 23.5 Å². The van der Waals surface area contributed by atoms with Gasteiger partial charge in [-0.3, -0.25) is 0 Å². The molecule has 0 unspecified atom stereocenters. The molecule has 1 N–H and O–H groups in total. The Morgan fingerprint density at radius 2 is 2.10 bits per heavy atom. The van der Waals surface area contributed by atoms with Crippen LogP contribution in [0.2, 0.25) is 0 Å². The van der Waals surface area contributed by atoms with Crippen LogP contribution >= 0.6 is 12.6 Å². The highest BCUT2D eigenvalue weighted by Crippen LogP contribution is 2.23. The van der Waals surface area contributed by atoms with Gasteiger partial charge in [0.1, 0.15) is 11.6 Å². The number of halogens is 1. The molecule has 0 saturated carbocycles. The average molecular weight is 158 g/mol. The lowest BCUT2D eigenvalue weighted by Gasteiger charge is -2.00. The molecule has 0 aromatic heterocycles. The molecule has 0 aliphatic heterocycles. The summed E-state index contributed by atoms with van der Waals surface area (Å²) in [7, 11) is 0. The molecule has 1 nitrogen and oxygen atoms in total. The summed E-state index contributed by atoms with van der Waals surface area (Å²) in [5.74, 6) is -0.487. The van der Waals surface area contributed by atoms with Crippen molar-refractivity contribution in [3.63, 3.8) is 0 Å². The van der Waals surface area contributed by atoms with Crippen LogP contribution in [0.15, 0.2) is 17.0 Å². The molecule has 0 radical (unpaired) electrons. The van der Waals surface area contributed by atoms with E-state index >= 15 is 0 Å². The van der Waals surface area contributed by atoms with Crippen molar-refractivity contribution in [2.45, 2.75) is 11.8 Å². The Balaban J connectivity index is 3.34. The maximum absolute atomic E-state index is 12.8. The first-order valence-corrected chi connectivity index (χ1v) is 3.24. The van der Waals surface area contributed by atoms with Gasteiger partial charge < -0.3 is 5.11 Å². The van der Waals surface area contributed by atoms with Crippen LogP contribution in [0.4, 0.5) is 4.39 Å². The molecule has 0 atom stereocenters. The maximum atomic E-state index is 12.8. The molecule has 10 heavy (non-hydrogen) atoms. The number of phenols is 1. The monoisotopic (exact) mass is 158 g/mol. The van der Waals surface area contributed by atoms with E-state index < -0.39 is 5.82 Å². The van der Waals surface area contributed by atoms with Crippen molar-refractivity contribution in [1.29, 1.82) is 0 Å². The van der Waals surface area contributed by atoms with E-state index in [4.69, 9.17) is 5.11 Å². The molecule has 0 aliphatic rings. The third-order valence-corrected chi connectivity index (χ3v) is 1.68. The third-order valence-electron chi connectivity index (χ3n) is 1.34. The lowest BCUT2D eigenvalue weighted by Crippen LogP contribution is -1.83. The van der Waals surface area contributed by atoms with Crippen molar-refractivity contribution < 1.29 is 9.50 Å². The Bertz CT molecular complexity index is 233. The standard InChI is InChI=1S/C7H7FOS/c1-4-5(9)2-3-6(10)7(4)8/h2-3,9-10H,1H3. The molecule has 1 aromatic rings. The van der Waals surface area contributed by atoms with Crippen LogP contribution < -0.4 is 0 Å². The Kier molecular flexibility index (Phi) is 1.85. The summed E-state index contributed by atoms with van der Waals surface area (Å²) >= 11 is 3.83. The molecule has 0 saturated heterocycles. The minimum atomic E-state index is -0.455. The van der Waals surface area contributed by atoms with Crippen LogP contribution in [0.1, 0.15) is 5.56 Å². The number of thiol groups is 1. The van der Waals surface area contributed by atoms with Crippen LogP contribution in [-0.2, 0) is 0 Å². The normalized spacial score (nSPS) is 9.90. The second kappa shape index (κ2) is 2.50. The zero-order valence-electron chi connectivity index (χ0n) is 5.43. The van der Waals surface area contributed by atoms with Gasteiger partial charge in [-0.1, -0.05) is 0 Å². The van der Waals surface area contributed by atoms with Crippen molar-refractivity contribution in [3.8, 4) is 5.75 Å². The molecule has 0 aliphatic carbocycles. The van der Waals surface area contributed by atoms with Gasteiger partial charge in [-0.2, -0.15) is 0 Å². The number of benzene rings is 1. The predicted molar refractivity (Wildman–Crippen MR) is 40.1 cm³/mol. The van der Waals surface area contributed by atoms with E-state index in [0.717, 1.165) is 0 Å². The fourth-order valence-electron chi connectivity index (χ4n) is 0.661. The smallest absolute Gasteiger partial charge is 0.143 e. The summed E-state index contributed by atoms with van der Waals surface area (Å²) in [6, 6.07) is 2.83. The summed E-state index contributed by atoms with van der Waals surface area (Å²) in [6.45, 7) is 1.50. The lowest BCUT2D eigenvalue weighted by atomic mass is 10.2. The quantitative estimate of drug-likeness (QED) is 0.554. The molecule has 3 heteroatoms. The highest BCUT2D eigenvalue weighted by molar-refractivity contribution is 7.80. The van der Waals surface area contributed by atoms with E-state index in [1.165, 1.54) is 19.1 Å². The van der Waals surface area contributed by atoms with Gasteiger partial charge in [0.25, 0.3) is 0 Å². The van der Waals surface area contributed by atoms with E-state index in [2.05, 4.69) is 12.6 Å². The van der Waals surface area contributed by atoms with E-state index in [-0.39, 0.29) is 16.2 Å². The van der Waals surface area contributed by atoms with Crippen molar-refractivity contribution >= 4 is 12.6 Å². The number of rotatable bonds is 0. The zero-order chi connectivity index (χ0) is 7.72. The van der Waals surface area contributed by atoms with E-state index in [1.807, 2.05) is 0 Å². The molecule has 0 amide bonds. The van der Waals surface area contributed by atoms with E-state index in [9.17, 15) is 4.39 Å². The molecule has 0 bridgehead atoms. The second-order valence-corrected chi connectivity index (χ2v) is 2.52. The first kappa shape index (κ1) is 7.41. The number of hydrogen-bond acceptors (Lipinski definition) is 2. The Morgan fingerprint density at radius 3 is 2.60 bits per heavy atom. The largest absolute Gasteiger partial charge is 0.508 e. The van der Waals surface area contributed by atoms with Crippen molar-refractivity contribution in [2.24, 2.45) is 0 Å². The number of phenolic OH excluding ortho intramolecular Hbond substituents is 1. The van der Waals surface area contributed by atoms with Gasteiger partial charge in [-0.25, -0.2) is 4.39 Å². The molecule has 1 aromatic carbocycles. The predicted octanol–water partition coefficient (Wildman–Crippen LogP) is 2.13. The third kappa shape index (κ3) is 1.09. The van der Waals surface area contributed by atoms with Gasteiger partial charge >= 0.3 is 0 Å². The molecule has 0 fully saturated rings. The summed E-state index contributed by atoms with van der Waals surface area (Å²) in [6.07, 6.45) is 0. The van der Waals surface area contributed by atoms with E-state index in [1.54, 1.807) is 0 Å². The van der Waals surface area contributed by atoms with Crippen LogP contribution in [0.5, 0.6) is 5.75 Å². The Morgan fingerprint density at radius 1 is 1.50 bits per heavy atom. The molecule has 1 rings (SSSR count). The summed E-state index contributed by atoms with van der Waals surface area (Å²) in [5.41, 5.74) is 0.243. The lowest BCUT2D eigenvalue weighted by molar-refractivity contribution is 0.460. The van der Waals surface area contributed by atoms with Gasteiger partial charge in [-0.05, 0) is 19.1 Å². The molecule has 54 valence electrons. The number of aromatic hydroxyl groups is 1. The highest BCUT2D eigenvalue weighted by Gasteiger charge is 2.04. The van der Waals surface area contributed by atoms with Gasteiger partial charge in [-0.15, -0.1) is 12.6 Å². The SMILES string of the molecule is Cc1c(O)ccc(S)c1F. The molecule has 0 spiro atoms. The highest BCUT2D eigenvalue weighted by atomic mass is 32.1. The van der Waals surface area contributed by atoms with Crippen LogP contribution in [0, 0.1) is 12.7 Å². The first-order chi connectivity index (χ1) is 4.63. The molecule has 0 heterocycles. The van der Waals surface area contributed by atoms with Gasteiger partial charge in [0.2, 0.25) is 0 Å². The maximum Gasteiger partial charge on any atom is 0.143 e. The Hall–Kier alpha value is -0.700.